The average molecular weight is 429 g/mol. The molecule has 1 N–H and O–H groups in total. The molecule has 156 valence electrons. The van der Waals surface area contributed by atoms with Gasteiger partial charge in [0.25, 0.3) is 5.91 Å². The Morgan fingerprint density at radius 1 is 1.37 bits per heavy atom. The highest BCUT2D eigenvalue weighted by Crippen LogP contribution is 2.29. The van der Waals surface area contributed by atoms with E-state index >= 15 is 0 Å². The smallest absolute Gasteiger partial charge is 0.305 e. The summed E-state index contributed by atoms with van der Waals surface area (Å²) in [6.45, 7) is 2.81. The minimum Gasteiger partial charge on any atom is -0.469 e. The summed E-state index contributed by atoms with van der Waals surface area (Å²) in [7, 11) is 1.35. The number of esters is 1. The maximum absolute atomic E-state index is 13.5. The van der Waals surface area contributed by atoms with Crippen LogP contribution >= 0.6 is 11.3 Å². The zero-order chi connectivity index (χ0) is 21.3. The number of amides is 1. The Balaban J connectivity index is 1.53. The lowest BCUT2D eigenvalue weighted by Gasteiger charge is -2.38. The Kier molecular flexibility index (Phi) is 5.58. The molecule has 1 fully saturated rings. The molecule has 8 nitrogen and oxygen atoms in total. The average Bonchev–Trinajstić information content (AvgIpc) is 3.17. The van der Waals surface area contributed by atoms with E-state index in [0.29, 0.717) is 41.0 Å². The fourth-order valence-corrected chi connectivity index (χ4v) is 4.16. The molecule has 1 saturated heterocycles. The summed E-state index contributed by atoms with van der Waals surface area (Å²) in [5, 5.41) is 4.98. The fourth-order valence-electron chi connectivity index (χ4n) is 3.35. The number of rotatable bonds is 6. The van der Waals surface area contributed by atoms with E-state index in [4.69, 9.17) is 0 Å². The van der Waals surface area contributed by atoms with Gasteiger partial charge in [-0.3, -0.25) is 14.6 Å². The first-order valence-corrected chi connectivity index (χ1v) is 10.3. The van der Waals surface area contributed by atoms with E-state index in [1.54, 1.807) is 11.1 Å². The van der Waals surface area contributed by atoms with Crippen molar-refractivity contribution in [3.05, 3.63) is 47.0 Å². The third kappa shape index (κ3) is 4.09. The summed E-state index contributed by atoms with van der Waals surface area (Å²) < 4.78 is 18.9. The molecule has 10 heteroatoms. The molecule has 1 aliphatic heterocycles. The van der Waals surface area contributed by atoms with Gasteiger partial charge in [-0.2, -0.15) is 0 Å². The largest absolute Gasteiger partial charge is 0.469 e. The third-order valence-electron chi connectivity index (χ3n) is 5.01. The molecule has 1 atom stereocenters. The van der Waals surface area contributed by atoms with Gasteiger partial charge in [-0.05, 0) is 30.0 Å². The summed E-state index contributed by atoms with van der Waals surface area (Å²) in [4.78, 5) is 38.9. The molecule has 3 aromatic heterocycles. The van der Waals surface area contributed by atoms with Gasteiger partial charge >= 0.3 is 5.97 Å². The van der Waals surface area contributed by atoms with E-state index in [1.165, 1.54) is 24.5 Å². The van der Waals surface area contributed by atoms with Crippen molar-refractivity contribution in [2.45, 2.75) is 19.4 Å². The highest BCUT2D eigenvalue weighted by Gasteiger charge is 2.34. The molecule has 30 heavy (non-hydrogen) atoms. The predicted molar refractivity (Wildman–Crippen MR) is 110 cm³/mol. The van der Waals surface area contributed by atoms with Gasteiger partial charge in [-0.25, -0.2) is 14.4 Å². The summed E-state index contributed by atoms with van der Waals surface area (Å²) in [5.74, 6) is -0.519. The number of pyridine rings is 1. The highest BCUT2D eigenvalue weighted by molar-refractivity contribution is 7.17. The van der Waals surface area contributed by atoms with Gasteiger partial charge in [0, 0.05) is 25.2 Å². The molecule has 4 rings (SSSR count). The maximum Gasteiger partial charge on any atom is 0.305 e. The summed E-state index contributed by atoms with van der Waals surface area (Å²) in [6, 6.07) is 2.91. The maximum atomic E-state index is 13.5. The number of nitrogens with one attached hydrogen (secondary N) is 1. The van der Waals surface area contributed by atoms with Gasteiger partial charge in [0.15, 0.2) is 5.69 Å². The molecular weight excluding hydrogens is 409 g/mol. The van der Waals surface area contributed by atoms with Crippen LogP contribution < -0.4 is 5.32 Å². The lowest BCUT2D eigenvalue weighted by Crippen LogP contribution is -2.50. The molecule has 0 bridgehead atoms. The quantitative estimate of drug-likeness (QED) is 0.602. The number of fused-ring (bicyclic) bond motifs is 1. The number of methoxy groups -OCH3 is 1. The van der Waals surface area contributed by atoms with Crippen LogP contribution in [-0.4, -0.2) is 51.9 Å². The first kappa shape index (κ1) is 20.1. The number of ether oxygens (including phenoxy) is 1. The zero-order valence-corrected chi connectivity index (χ0v) is 17.3. The van der Waals surface area contributed by atoms with Gasteiger partial charge in [-0.1, -0.05) is 0 Å². The van der Waals surface area contributed by atoms with Crippen molar-refractivity contribution >= 4 is 39.4 Å². The number of hydrogen-bond donors (Lipinski definition) is 1. The molecule has 0 aliphatic carbocycles. The predicted octanol–water partition coefficient (Wildman–Crippen LogP) is 3.03. The number of nitrogens with zero attached hydrogens (tertiary/aromatic N) is 4. The second-order valence-corrected chi connectivity index (χ2v) is 8.11. The molecule has 0 radical (unpaired) electrons. The second-order valence-electron chi connectivity index (χ2n) is 7.19. The van der Waals surface area contributed by atoms with Crippen LogP contribution in [0.2, 0.25) is 0 Å². The summed E-state index contributed by atoms with van der Waals surface area (Å²) in [6.07, 6.45) is 3.00. The van der Waals surface area contributed by atoms with Crippen LogP contribution in [0, 0.1) is 11.7 Å². The van der Waals surface area contributed by atoms with Crippen molar-refractivity contribution in [1.29, 1.82) is 0 Å². The fraction of sp³-hybridized carbons (Fsp3) is 0.350. The second kappa shape index (κ2) is 8.31. The van der Waals surface area contributed by atoms with E-state index in [-0.39, 0.29) is 29.8 Å². The number of hydrogen-bond acceptors (Lipinski definition) is 8. The molecule has 3 aromatic rings. The van der Waals surface area contributed by atoms with Crippen LogP contribution in [0.3, 0.4) is 0 Å². The Hall–Kier alpha value is -3.14. The zero-order valence-electron chi connectivity index (χ0n) is 16.5. The lowest BCUT2D eigenvalue weighted by atomic mass is 9.96. The number of anilines is 1. The molecular formula is C20H20FN5O3S. The number of carbonyl (C=O) groups is 2. The van der Waals surface area contributed by atoms with E-state index in [2.05, 4.69) is 25.0 Å². The van der Waals surface area contributed by atoms with Gasteiger partial charge in [0.1, 0.15) is 5.82 Å². The monoisotopic (exact) mass is 429 g/mol. The van der Waals surface area contributed by atoms with Gasteiger partial charge in [0.05, 0.1) is 36.0 Å². The van der Waals surface area contributed by atoms with Crippen molar-refractivity contribution in [2.75, 3.05) is 25.5 Å². The van der Waals surface area contributed by atoms with E-state index in [0.717, 1.165) is 6.20 Å². The van der Waals surface area contributed by atoms with Gasteiger partial charge < -0.3 is 15.0 Å². The highest BCUT2D eigenvalue weighted by atomic mass is 32.1. The van der Waals surface area contributed by atoms with E-state index < -0.39 is 5.82 Å². The minimum atomic E-state index is -0.425. The van der Waals surface area contributed by atoms with Crippen LogP contribution in [-0.2, 0) is 9.53 Å². The standard InChI is InChI=1S/C20H20FN5O3S/c1-11(13-6-14(21)8-22-7-13)23-20-24-15-3-4-30-18(15)17(25-20)19(28)26-9-12(10-26)5-16(27)29-2/h3-4,6-8,11-12H,5,9-10H2,1-2H3,(H,23,24,25)/t11-/m0/s1. The first-order valence-electron chi connectivity index (χ1n) is 9.43. The number of halogens is 1. The van der Waals surface area contributed by atoms with Gasteiger partial charge in [0.2, 0.25) is 5.95 Å². The van der Waals surface area contributed by atoms with Crippen LogP contribution in [0.4, 0.5) is 10.3 Å². The Morgan fingerprint density at radius 3 is 2.90 bits per heavy atom. The molecule has 0 unspecified atom stereocenters. The van der Waals surface area contributed by atoms with Crippen LogP contribution in [0.1, 0.15) is 35.4 Å². The number of carbonyl (C=O) groups excluding carboxylic acids is 2. The van der Waals surface area contributed by atoms with Crippen molar-refractivity contribution in [1.82, 2.24) is 19.9 Å². The molecule has 1 aliphatic rings. The minimum absolute atomic E-state index is 0.0974. The van der Waals surface area contributed by atoms with E-state index in [1.807, 2.05) is 18.4 Å². The van der Waals surface area contributed by atoms with Gasteiger partial charge in [-0.15, -0.1) is 11.3 Å². The molecule has 4 heterocycles. The van der Waals surface area contributed by atoms with Crippen molar-refractivity contribution in [2.24, 2.45) is 5.92 Å². The first-order chi connectivity index (χ1) is 14.4. The number of likely N-dealkylation sites (tertiary alicyclic amines) is 1. The van der Waals surface area contributed by atoms with Crippen LogP contribution in [0.25, 0.3) is 10.2 Å². The Bertz CT molecular complexity index is 1100. The molecule has 0 spiro atoms. The third-order valence-corrected chi connectivity index (χ3v) is 5.92. The van der Waals surface area contributed by atoms with Crippen molar-refractivity contribution < 1.29 is 18.7 Å². The molecule has 0 aromatic carbocycles. The number of aromatic nitrogens is 3. The Morgan fingerprint density at radius 2 is 2.17 bits per heavy atom. The topological polar surface area (TPSA) is 97.3 Å². The van der Waals surface area contributed by atoms with Crippen LogP contribution in [0.15, 0.2) is 29.9 Å². The summed E-state index contributed by atoms with van der Waals surface area (Å²) >= 11 is 1.40. The van der Waals surface area contributed by atoms with Crippen LogP contribution in [0.5, 0.6) is 0 Å². The van der Waals surface area contributed by atoms with Crippen molar-refractivity contribution in [3.63, 3.8) is 0 Å². The Labute approximate surface area is 176 Å². The normalized spacial score (nSPS) is 15.0. The molecule has 1 amide bonds. The summed E-state index contributed by atoms with van der Waals surface area (Å²) in [5.41, 5.74) is 1.63. The molecule has 0 saturated carbocycles. The lowest BCUT2D eigenvalue weighted by molar-refractivity contribution is -0.142. The number of thiophene rings is 1. The SMILES string of the molecule is COC(=O)CC1CN(C(=O)c2nc(N[C@@H](C)c3cncc(F)c3)nc3ccsc23)C1. The van der Waals surface area contributed by atoms with E-state index in [9.17, 15) is 14.0 Å². The van der Waals surface area contributed by atoms with Crippen molar-refractivity contribution in [3.8, 4) is 0 Å².